The van der Waals surface area contributed by atoms with Gasteiger partial charge < -0.3 is 9.64 Å². The van der Waals surface area contributed by atoms with E-state index in [9.17, 15) is 4.79 Å². The number of aromatic nitrogens is 1. The van der Waals surface area contributed by atoms with E-state index < -0.39 is 0 Å². The number of rotatable bonds is 5. The number of ether oxygens (including phenoxy) is 1. The second kappa shape index (κ2) is 6.87. The monoisotopic (exact) mass is 306 g/mol. The molecular formula is C16H19ClN2O2. The highest BCUT2D eigenvalue weighted by molar-refractivity contribution is 6.35. The number of likely N-dealkylation sites (N-methyl/N-ethyl adjacent to an activating group) is 1. The number of pyridine rings is 1. The number of carbonyl (C=O) groups is 1. The summed E-state index contributed by atoms with van der Waals surface area (Å²) in [5, 5.41) is 1.39. The van der Waals surface area contributed by atoms with Crippen LogP contribution in [0.3, 0.4) is 0 Å². The highest BCUT2D eigenvalue weighted by Crippen LogP contribution is 2.23. The quantitative estimate of drug-likeness (QED) is 0.850. The molecule has 2 aromatic rings. The Kier molecular flexibility index (Phi) is 5.15. The maximum Gasteiger partial charge on any atom is 0.272 e. The van der Waals surface area contributed by atoms with Crippen molar-refractivity contribution in [3.63, 3.8) is 0 Å². The minimum Gasteiger partial charge on any atom is -0.377 e. The third-order valence-corrected chi connectivity index (χ3v) is 3.42. The predicted octanol–water partition coefficient (Wildman–Crippen LogP) is 3.39. The van der Waals surface area contributed by atoms with Crippen molar-refractivity contribution in [1.29, 1.82) is 0 Å². The molecule has 0 fully saturated rings. The largest absolute Gasteiger partial charge is 0.377 e. The van der Waals surface area contributed by atoms with Gasteiger partial charge in [0, 0.05) is 19.0 Å². The zero-order chi connectivity index (χ0) is 15.4. The first-order chi connectivity index (χ1) is 9.99. The molecule has 0 bridgehead atoms. The third-order valence-electron chi connectivity index (χ3n) is 3.11. The third kappa shape index (κ3) is 3.93. The Balaban J connectivity index is 2.15. The molecule has 0 aliphatic rings. The van der Waals surface area contributed by atoms with Gasteiger partial charge in [0.1, 0.15) is 5.69 Å². The van der Waals surface area contributed by atoms with Gasteiger partial charge in [-0.15, -0.1) is 0 Å². The Bertz CT molecular complexity index is 643. The first kappa shape index (κ1) is 15.7. The first-order valence-electron chi connectivity index (χ1n) is 6.91. The van der Waals surface area contributed by atoms with Crippen LogP contribution < -0.4 is 0 Å². The summed E-state index contributed by atoms with van der Waals surface area (Å²) in [6.45, 7) is 4.95. The summed E-state index contributed by atoms with van der Waals surface area (Å²) in [7, 11) is 1.73. The number of para-hydroxylation sites is 1. The molecule has 0 unspecified atom stereocenters. The fraction of sp³-hybridized carbons (Fsp3) is 0.375. The van der Waals surface area contributed by atoms with E-state index in [1.165, 1.54) is 0 Å². The van der Waals surface area contributed by atoms with Crippen molar-refractivity contribution in [2.45, 2.75) is 20.0 Å². The fourth-order valence-electron chi connectivity index (χ4n) is 1.96. The Morgan fingerprint density at radius 3 is 2.81 bits per heavy atom. The Hall–Kier alpha value is -1.65. The highest BCUT2D eigenvalue weighted by Gasteiger charge is 2.15. The van der Waals surface area contributed by atoms with Gasteiger partial charge in [0.25, 0.3) is 5.91 Å². The lowest BCUT2D eigenvalue weighted by atomic mass is 10.2. The summed E-state index contributed by atoms with van der Waals surface area (Å²) in [4.78, 5) is 18.3. The van der Waals surface area contributed by atoms with Crippen LogP contribution in [0.5, 0.6) is 0 Å². The molecular weight excluding hydrogens is 288 g/mol. The van der Waals surface area contributed by atoms with Crippen molar-refractivity contribution in [2.75, 3.05) is 20.2 Å². The average molecular weight is 307 g/mol. The van der Waals surface area contributed by atoms with Gasteiger partial charge in [0.15, 0.2) is 0 Å². The molecule has 0 N–H and O–H groups in total. The second-order valence-electron chi connectivity index (χ2n) is 5.15. The van der Waals surface area contributed by atoms with Crippen molar-refractivity contribution >= 4 is 28.4 Å². The number of halogens is 1. The number of carbonyl (C=O) groups excluding carboxylic acids is 1. The molecule has 0 saturated carbocycles. The maximum atomic E-state index is 12.4. The summed E-state index contributed by atoms with van der Waals surface area (Å²) in [6, 6.07) is 9.12. The normalized spacial score (nSPS) is 11.1. The van der Waals surface area contributed by atoms with Gasteiger partial charge in [-0.05, 0) is 26.0 Å². The van der Waals surface area contributed by atoms with E-state index in [1.807, 2.05) is 38.1 Å². The van der Waals surface area contributed by atoms with Crippen LogP contribution in [0.2, 0.25) is 5.02 Å². The van der Waals surface area contributed by atoms with E-state index in [-0.39, 0.29) is 12.0 Å². The number of hydrogen-bond donors (Lipinski definition) is 0. The summed E-state index contributed by atoms with van der Waals surface area (Å²) in [5.74, 6) is -0.157. The number of fused-ring (bicyclic) bond motifs is 1. The summed E-state index contributed by atoms with van der Waals surface area (Å²) in [5.41, 5.74) is 1.07. The lowest BCUT2D eigenvalue weighted by molar-refractivity contribution is 0.0529. The first-order valence-corrected chi connectivity index (χ1v) is 7.29. The molecule has 0 spiro atoms. The van der Waals surface area contributed by atoms with Crippen LogP contribution in [0.25, 0.3) is 10.9 Å². The van der Waals surface area contributed by atoms with E-state index in [4.69, 9.17) is 16.3 Å². The van der Waals surface area contributed by atoms with Gasteiger partial charge >= 0.3 is 0 Å². The SMILES string of the molecule is CC(C)OCCN(C)C(=O)c1cc(Cl)c2ccccc2n1. The molecule has 112 valence electrons. The summed E-state index contributed by atoms with van der Waals surface area (Å²) < 4.78 is 5.45. The van der Waals surface area contributed by atoms with Crippen molar-refractivity contribution in [3.8, 4) is 0 Å². The second-order valence-corrected chi connectivity index (χ2v) is 5.56. The molecule has 1 heterocycles. The molecule has 21 heavy (non-hydrogen) atoms. The maximum absolute atomic E-state index is 12.4. The number of hydrogen-bond acceptors (Lipinski definition) is 3. The molecule has 0 aliphatic carbocycles. The number of amides is 1. The van der Waals surface area contributed by atoms with Gasteiger partial charge in [0.05, 0.1) is 23.3 Å². The van der Waals surface area contributed by atoms with E-state index in [1.54, 1.807) is 18.0 Å². The molecule has 0 radical (unpaired) electrons. The smallest absolute Gasteiger partial charge is 0.272 e. The van der Waals surface area contributed by atoms with Crippen LogP contribution >= 0.6 is 11.6 Å². The molecule has 2 rings (SSSR count). The summed E-state index contributed by atoms with van der Waals surface area (Å²) >= 11 is 6.22. The van der Waals surface area contributed by atoms with Crippen LogP contribution in [0.4, 0.5) is 0 Å². The highest BCUT2D eigenvalue weighted by atomic mass is 35.5. The number of nitrogens with zero attached hydrogens (tertiary/aromatic N) is 2. The molecule has 1 aromatic heterocycles. The van der Waals surface area contributed by atoms with Crippen LogP contribution in [-0.2, 0) is 4.74 Å². The average Bonchev–Trinajstić information content (AvgIpc) is 2.46. The van der Waals surface area contributed by atoms with E-state index in [0.29, 0.717) is 23.9 Å². The number of benzene rings is 1. The lowest BCUT2D eigenvalue weighted by Crippen LogP contribution is -2.31. The van der Waals surface area contributed by atoms with Gasteiger partial charge in [0.2, 0.25) is 0 Å². The molecule has 1 amide bonds. The Labute approximate surface area is 129 Å². The van der Waals surface area contributed by atoms with Crippen molar-refractivity contribution in [3.05, 3.63) is 41.0 Å². The zero-order valence-corrected chi connectivity index (χ0v) is 13.2. The van der Waals surface area contributed by atoms with Crippen molar-refractivity contribution in [1.82, 2.24) is 9.88 Å². The van der Waals surface area contributed by atoms with E-state index in [0.717, 1.165) is 10.9 Å². The predicted molar refractivity (Wildman–Crippen MR) is 84.8 cm³/mol. The molecule has 4 nitrogen and oxygen atoms in total. The Morgan fingerprint density at radius 2 is 2.10 bits per heavy atom. The summed E-state index contributed by atoms with van der Waals surface area (Å²) in [6.07, 6.45) is 0.154. The topological polar surface area (TPSA) is 42.4 Å². The standard InChI is InChI=1S/C16H19ClN2O2/c1-11(2)21-9-8-19(3)16(20)15-10-13(17)12-6-4-5-7-14(12)18-15/h4-7,10-11H,8-9H2,1-3H3. The molecule has 0 atom stereocenters. The molecule has 0 saturated heterocycles. The Morgan fingerprint density at radius 1 is 1.38 bits per heavy atom. The van der Waals surface area contributed by atoms with Crippen molar-refractivity contribution < 1.29 is 9.53 Å². The molecule has 1 aromatic carbocycles. The van der Waals surface area contributed by atoms with Crippen LogP contribution in [0.1, 0.15) is 24.3 Å². The van der Waals surface area contributed by atoms with Gasteiger partial charge in [-0.2, -0.15) is 0 Å². The van der Waals surface area contributed by atoms with Crippen LogP contribution in [0, 0.1) is 0 Å². The van der Waals surface area contributed by atoms with Gasteiger partial charge in [-0.1, -0.05) is 29.8 Å². The van der Waals surface area contributed by atoms with Gasteiger partial charge in [-0.25, -0.2) is 4.98 Å². The van der Waals surface area contributed by atoms with Gasteiger partial charge in [-0.3, -0.25) is 4.79 Å². The zero-order valence-electron chi connectivity index (χ0n) is 12.5. The van der Waals surface area contributed by atoms with Crippen molar-refractivity contribution in [2.24, 2.45) is 0 Å². The fourth-order valence-corrected chi connectivity index (χ4v) is 2.23. The van der Waals surface area contributed by atoms with Crippen LogP contribution in [-0.4, -0.2) is 42.1 Å². The van der Waals surface area contributed by atoms with E-state index >= 15 is 0 Å². The van der Waals surface area contributed by atoms with Crippen LogP contribution in [0.15, 0.2) is 30.3 Å². The minimum atomic E-state index is -0.157. The lowest BCUT2D eigenvalue weighted by Gasteiger charge is -2.18. The molecule has 5 heteroatoms. The molecule has 0 aliphatic heterocycles. The minimum absolute atomic E-state index is 0.154. The van der Waals surface area contributed by atoms with E-state index in [2.05, 4.69) is 4.98 Å².